The molecule has 0 bridgehead atoms. The van der Waals surface area contributed by atoms with Crippen LogP contribution in [-0.2, 0) is 6.42 Å². The fraction of sp³-hybridized carbons (Fsp3) is 0.533. The maximum Gasteiger partial charge on any atom is 0.126 e. The summed E-state index contributed by atoms with van der Waals surface area (Å²) in [6.45, 7) is 8.01. The van der Waals surface area contributed by atoms with Crippen LogP contribution in [0, 0.1) is 20.8 Å². The highest BCUT2D eigenvalue weighted by molar-refractivity contribution is 5.87. The smallest absolute Gasteiger partial charge is 0.126 e. The molecule has 0 saturated carbocycles. The van der Waals surface area contributed by atoms with Gasteiger partial charge in [0.15, 0.2) is 0 Å². The number of hydrogen-bond donors (Lipinski definition) is 1. The minimum Gasteiger partial charge on any atom is -0.496 e. The maximum atomic E-state index is 5.61. The van der Waals surface area contributed by atoms with Crippen molar-refractivity contribution in [3.8, 4) is 11.5 Å². The summed E-state index contributed by atoms with van der Waals surface area (Å²) in [4.78, 5) is 4.46. The van der Waals surface area contributed by atoms with Gasteiger partial charge in [-0.3, -0.25) is 4.99 Å². The molecular formula is C15H22N2O2. The summed E-state index contributed by atoms with van der Waals surface area (Å²) in [5.41, 5.74) is 4.58. The molecule has 1 heterocycles. The van der Waals surface area contributed by atoms with Crippen LogP contribution in [0.4, 0.5) is 0 Å². The minimum atomic E-state index is 0.770. The molecule has 104 valence electrons. The average molecular weight is 262 g/mol. The highest BCUT2D eigenvalue weighted by Gasteiger charge is 2.20. The molecule has 2 rings (SSSR count). The fourth-order valence-corrected chi connectivity index (χ4v) is 2.68. The highest BCUT2D eigenvalue weighted by Crippen LogP contribution is 2.37. The number of nitrogens with one attached hydrogen (secondary N) is 1. The van der Waals surface area contributed by atoms with Gasteiger partial charge in [0, 0.05) is 18.5 Å². The van der Waals surface area contributed by atoms with Gasteiger partial charge in [-0.05, 0) is 37.5 Å². The van der Waals surface area contributed by atoms with Crippen molar-refractivity contribution in [3.05, 3.63) is 22.3 Å². The van der Waals surface area contributed by atoms with Crippen molar-refractivity contribution < 1.29 is 9.47 Å². The lowest BCUT2D eigenvalue weighted by Crippen LogP contribution is -2.21. The van der Waals surface area contributed by atoms with Crippen LogP contribution in [0.1, 0.15) is 22.3 Å². The number of benzene rings is 1. The van der Waals surface area contributed by atoms with Crippen molar-refractivity contribution in [1.29, 1.82) is 0 Å². The molecule has 0 aromatic heterocycles. The third kappa shape index (κ3) is 2.39. The monoisotopic (exact) mass is 262 g/mol. The van der Waals surface area contributed by atoms with Gasteiger partial charge in [0.1, 0.15) is 17.3 Å². The predicted octanol–water partition coefficient (Wildman–Crippen LogP) is 2.17. The number of nitrogens with zero attached hydrogens (tertiary/aromatic N) is 1. The second-order valence-electron chi connectivity index (χ2n) is 4.85. The van der Waals surface area contributed by atoms with Crippen LogP contribution in [0.25, 0.3) is 0 Å². The minimum absolute atomic E-state index is 0.770. The summed E-state index contributed by atoms with van der Waals surface area (Å²) in [7, 11) is 3.44. The van der Waals surface area contributed by atoms with Crippen LogP contribution in [0.5, 0.6) is 11.5 Å². The zero-order chi connectivity index (χ0) is 14.0. The van der Waals surface area contributed by atoms with Crippen LogP contribution in [0.3, 0.4) is 0 Å². The van der Waals surface area contributed by atoms with Crippen molar-refractivity contribution in [2.45, 2.75) is 27.2 Å². The molecule has 0 amide bonds. The van der Waals surface area contributed by atoms with Gasteiger partial charge >= 0.3 is 0 Å². The van der Waals surface area contributed by atoms with Gasteiger partial charge < -0.3 is 14.8 Å². The van der Waals surface area contributed by atoms with Crippen molar-refractivity contribution in [3.63, 3.8) is 0 Å². The first-order valence-electron chi connectivity index (χ1n) is 6.58. The Morgan fingerprint density at radius 3 is 2.16 bits per heavy atom. The molecule has 19 heavy (non-hydrogen) atoms. The zero-order valence-electron chi connectivity index (χ0n) is 12.4. The Hall–Kier alpha value is -1.71. The van der Waals surface area contributed by atoms with E-state index in [1.54, 1.807) is 14.2 Å². The van der Waals surface area contributed by atoms with E-state index in [4.69, 9.17) is 9.47 Å². The van der Waals surface area contributed by atoms with Crippen LogP contribution in [0.2, 0.25) is 0 Å². The lowest BCUT2D eigenvalue weighted by atomic mass is 9.95. The van der Waals surface area contributed by atoms with Crippen LogP contribution in [0.15, 0.2) is 4.99 Å². The summed E-state index contributed by atoms with van der Waals surface area (Å²) >= 11 is 0. The molecule has 0 fully saturated rings. The molecule has 1 aliphatic heterocycles. The number of amidine groups is 1. The second-order valence-corrected chi connectivity index (χ2v) is 4.85. The zero-order valence-corrected chi connectivity index (χ0v) is 12.4. The molecule has 0 spiro atoms. The van der Waals surface area contributed by atoms with Gasteiger partial charge in [-0.25, -0.2) is 0 Å². The Labute approximate surface area is 114 Å². The molecule has 0 radical (unpaired) electrons. The van der Waals surface area contributed by atoms with E-state index in [-0.39, 0.29) is 0 Å². The molecule has 1 N–H and O–H groups in total. The summed E-state index contributed by atoms with van der Waals surface area (Å²) in [6.07, 6.45) is 0.770. The molecule has 4 nitrogen and oxygen atoms in total. The Morgan fingerprint density at radius 2 is 1.63 bits per heavy atom. The van der Waals surface area contributed by atoms with Gasteiger partial charge in [-0.2, -0.15) is 0 Å². The number of ether oxygens (including phenoxy) is 2. The Morgan fingerprint density at radius 1 is 1.00 bits per heavy atom. The second kappa shape index (κ2) is 5.51. The van der Waals surface area contributed by atoms with Crippen molar-refractivity contribution in [2.24, 2.45) is 4.99 Å². The van der Waals surface area contributed by atoms with Crippen molar-refractivity contribution >= 4 is 5.84 Å². The lowest BCUT2D eigenvalue weighted by Gasteiger charge is -2.20. The molecular weight excluding hydrogens is 240 g/mol. The van der Waals surface area contributed by atoms with E-state index < -0.39 is 0 Å². The first kappa shape index (κ1) is 13.7. The van der Waals surface area contributed by atoms with E-state index >= 15 is 0 Å². The fourth-order valence-electron chi connectivity index (χ4n) is 2.68. The number of aliphatic imine (C=N–C) groups is 1. The van der Waals surface area contributed by atoms with Crippen LogP contribution in [-0.4, -0.2) is 33.1 Å². The Bertz CT molecular complexity index is 522. The SMILES string of the molecule is COc1c(C)c(C)c(OC)c(CC2=NCCN2)c1C. The Balaban J connectivity index is 2.53. The standard InChI is InChI=1S/C15H22N2O2/c1-9-10(2)15(19-5)12(11(3)14(9)18-4)8-13-16-6-7-17-13/h6-8H2,1-5H3,(H,16,17). The van der Waals surface area contributed by atoms with Gasteiger partial charge in [0.05, 0.1) is 20.8 Å². The summed E-state index contributed by atoms with van der Waals surface area (Å²) in [5.74, 6) is 2.94. The number of rotatable bonds is 4. The van der Waals surface area contributed by atoms with Gasteiger partial charge in [0.2, 0.25) is 0 Å². The van der Waals surface area contributed by atoms with Crippen LogP contribution >= 0.6 is 0 Å². The van der Waals surface area contributed by atoms with E-state index in [1.807, 2.05) is 0 Å². The maximum absolute atomic E-state index is 5.61. The summed E-state index contributed by atoms with van der Waals surface area (Å²) < 4.78 is 11.2. The topological polar surface area (TPSA) is 42.9 Å². The molecule has 4 heteroatoms. The van der Waals surface area contributed by atoms with Gasteiger partial charge in [-0.15, -0.1) is 0 Å². The largest absolute Gasteiger partial charge is 0.496 e. The third-order valence-corrected chi connectivity index (χ3v) is 3.81. The van der Waals surface area contributed by atoms with E-state index in [0.29, 0.717) is 0 Å². The molecule has 0 unspecified atom stereocenters. The summed E-state index contributed by atoms with van der Waals surface area (Å²) in [6, 6.07) is 0. The normalized spacial score (nSPS) is 14.1. The highest BCUT2D eigenvalue weighted by atomic mass is 16.5. The molecule has 1 aromatic rings. The van der Waals surface area contributed by atoms with E-state index in [1.165, 1.54) is 0 Å². The molecule has 1 aliphatic rings. The third-order valence-electron chi connectivity index (χ3n) is 3.81. The summed E-state index contributed by atoms with van der Waals surface area (Å²) in [5, 5.41) is 3.31. The van der Waals surface area contributed by atoms with E-state index in [2.05, 4.69) is 31.1 Å². The number of hydrogen-bond acceptors (Lipinski definition) is 4. The Kier molecular flexibility index (Phi) is 3.98. The molecule has 1 aromatic carbocycles. The van der Waals surface area contributed by atoms with Gasteiger partial charge in [0.25, 0.3) is 0 Å². The average Bonchev–Trinajstić information content (AvgIpc) is 2.90. The molecule has 0 atom stereocenters. The number of methoxy groups -OCH3 is 2. The van der Waals surface area contributed by atoms with Crippen LogP contribution < -0.4 is 14.8 Å². The lowest BCUT2D eigenvalue weighted by molar-refractivity contribution is 0.392. The van der Waals surface area contributed by atoms with Crippen molar-refractivity contribution in [2.75, 3.05) is 27.3 Å². The first-order chi connectivity index (χ1) is 9.10. The molecule has 0 aliphatic carbocycles. The van der Waals surface area contributed by atoms with E-state index in [0.717, 1.165) is 59.1 Å². The first-order valence-corrected chi connectivity index (χ1v) is 6.58. The van der Waals surface area contributed by atoms with Gasteiger partial charge in [-0.1, -0.05) is 0 Å². The predicted molar refractivity (Wildman–Crippen MR) is 77.8 cm³/mol. The quantitative estimate of drug-likeness (QED) is 0.904. The molecule has 0 saturated heterocycles. The van der Waals surface area contributed by atoms with Crippen molar-refractivity contribution in [1.82, 2.24) is 5.32 Å². The van der Waals surface area contributed by atoms with E-state index in [9.17, 15) is 0 Å².